The Balaban J connectivity index is 1.56. The van der Waals surface area contributed by atoms with Crippen molar-refractivity contribution < 1.29 is 4.79 Å². The number of carbonyl (C=O) groups excluding carboxylic acids is 1. The molecule has 28 heavy (non-hydrogen) atoms. The first kappa shape index (κ1) is 19.4. The number of hydrogen-bond acceptors (Lipinski definition) is 4. The molecule has 1 unspecified atom stereocenters. The van der Waals surface area contributed by atoms with Crippen molar-refractivity contribution in [1.82, 2.24) is 4.90 Å². The van der Waals surface area contributed by atoms with E-state index in [-0.39, 0.29) is 11.9 Å². The van der Waals surface area contributed by atoms with Crippen LogP contribution in [0.2, 0.25) is 0 Å². The maximum atomic E-state index is 13.0. The third kappa shape index (κ3) is 3.79. The SMILES string of the molecule is Cc1cccc(C(C)C)c1NC(=O)CN1CCc2sccc2C1c1cccs1. The normalized spacial score (nSPS) is 16.9. The summed E-state index contributed by atoms with van der Waals surface area (Å²) in [7, 11) is 0. The lowest BCUT2D eigenvalue weighted by Gasteiger charge is -2.35. The maximum absolute atomic E-state index is 13.0. The molecule has 0 fully saturated rings. The van der Waals surface area contributed by atoms with E-state index in [1.807, 2.05) is 11.3 Å². The molecule has 0 spiro atoms. The molecule has 0 aliphatic carbocycles. The van der Waals surface area contributed by atoms with Gasteiger partial charge >= 0.3 is 0 Å². The van der Waals surface area contributed by atoms with E-state index in [4.69, 9.17) is 0 Å². The lowest BCUT2D eigenvalue weighted by molar-refractivity contribution is -0.117. The van der Waals surface area contributed by atoms with Gasteiger partial charge in [-0.25, -0.2) is 0 Å². The second-order valence-corrected chi connectivity index (χ2v) is 9.66. The van der Waals surface area contributed by atoms with Crippen molar-refractivity contribution in [2.45, 2.75) is 39.2 Å². The number of nitrogens with one attached hydrogen (secondary N) is 1. The van der Waals surface area contributed by atoms with Gasteiger partial charge < -0.3 is 5.32 Å². The second kappa shape index (κ2) is 8.19. The van der Waals surface area contributed by atoms with Gasteiger partial charge in [-0.1, -0.05) is 38.1 Å². The number of aryl methyl sites for hydroxylation is 1. The smallest absolute Gasteiger partial charge is 0.238 e. The molecule has 0 saturated heterocycles. The summed E-state index contributed by atoms with van der Waals surface area (Å²) in [5.41, 5.74) is 4.66. The van der Waals surface area contributed by atoms with Crippen molar-refractivity contribution in [2.24, 2.45) is 0 Å². The highest BCUT2D eigenvalue weighted by molar-refractivity contribution is 7.10. The van der Waals surface area contributed by atoms with E-state index in [2.05, 4.69) is 78.1 Å². The fourth-order valence-electron chi connectivity index (χ4n) is 4.02. The van der Waals surface area contributed by atoms with Crippen LogP contribution in [0.15, 0.2) is 47.2 Å². The van der Waals surface area contributed by atoms with Crippen LogP contribution >= 0.6 is 22.7 Å². The summed E-state index contributed by atoms with van der Waals surface area (Å²) >= 11 is 3.61. The van der Waals surface area contributed by atoms with Crippen molar-refractivity contribution in [3.8, 4) is 0 Å². The molecule has 4 rings (SSSR count). The van der Waals surface area contributed by atoms with E-state index < -0.39 is 0 Å². The molecule has 3 nitrogen and oxygen atoms in total. The molecular formula is C23H26N2OS2. The van der Waals surface area contributed by atoms with Gasteiger partial charge in [0.15, 0.2) is 0 Å². The summed E-state index contributed by atoms with van der Waals surface area (Å²) in [5, 5.41) is 7.52. The van der Waals surface area contributed by atoms with Crippen LogP contribution in [0, 0.1) is 6.92 Å². The van der Waals surface area contributed by atoms with Gasteiger partial charge in [-0.15, -0.1) is 22.7 Å². The highest BCUT2D eigenvalue weighted by atomic mass is 32.1. The van der Waals surface area contributed by atoms with Gasteiger partial charge in [0.25, 0.3) is 0 Å². The summed E-state index contributed by atoms with van der Waals surface area (Å²) in [6.07, 6.45) is 1.02. The molecule has 1 aliphatic rings. The summed E-state index contributed by atoms with van der Waals surface area (Å²) in [6.45, 7) is 7.71. The predicted molar refractivity (Wildman–Crippen MR) is 120 cm³/mol. The molecule has 146 valence electrons. The monoisotopic (exact) mass is 410 g/mol. The lowest BCUT2D eigenvalue weighted by atomic mass is 9.97. The minimum atomic E-state index is 0.0661. The Morgan fingerprint density at radius 3 is 2.79 bits per heavy atom. The quantitative estimate of drug-likeness (QED) is 0.574. The lowest BCUT2D eigenvalue weighted by Crippen LogP contribution is -2.40. The average molecular weight is 411 g/mol. The van der Waals surface area contributed by atoms with Gasteiger partial charge in [0, 0.05) is 22.0 Å². The Bertz CT molecular complexity index is 959. The number of thiophene rings is 2. The fourth-order valence-corrected chi connectivity index (χ4v) is 5.80. The van der Waals surface area contributed by atoms with Gasteiger partial charge in [0.1, 0.15) is 0 Å². The maximum Gasteiger partial charge on any atom is 0.238 e. The number of hydrogen-bond donors (Lipinski definition) is 1. The average Bonchev–Trinajstić information content (AvgIpc) is 3.34. The summed E-state index contributed by atoms with van der Waals surface area (Å²) in [4.78, 5) is 18.1. The second-order valence-electron chi connectivity index (χ2n) is 7.68. The Morgan fingerprint density at radius 1 is 1.18 bits per heavy atom. The van der Waals surface area contributed by atoms with Gasteiger partial charge in [-0.05, 0) is 58.8 Å². The van der Waals surface area contributed by atoms with Gasteiger partial charge in [0.2, 0.25) is 5.91 Å². The molecule has 3 aromatic rings. The number of anilines is 1. The van der Waals surface area contributed by atoms with Crippen LogP contribution in [-0.4, -0.2) is 23.9 Å². The molecule has 0 bridgehead atoms. The van der Waals surface area contributed by atoms with E-state index in [9.17, 15) is 4.79 Å². The van der Waals surface area contributed by atoms with Crippen LogP contribution in [0.5, 0.6) is 0 Å². The zero-order valence-electron chi connectivity index (χ0n) is 16.6. The molecule has 1 aromatic carbocycles. The molecule has 0 radical (unpaired) electrons. The Labute approximate surface area is 175 Å². The van der Waals surface area contributed by atoms with E-state index in [1.54, 1.807) is 11.3 Å². The van der Waals surface area contributed by atoms with E-state index in [1.165, 1.54) is 20.9 Å². The molecule has 1 atom stereocenters. The van der Waals surface area contributed by atoms with Crippen molar-refractivity contribution in [2.75, 3.05) is 18.4 Å². The highest BCUT2D eigenvalue weighted by Gasteiger charge is 2.31. The van der Waals surface area contributed by atoms with Crippen molar-refractivity contribution >= 4 is 34.3 Å². The standard InChI is InChI=1S/C23H26N2OS2/c1-15(2)17-7-4-6-16(3)22(17)24-21(26)14-25-11-9-19-18(10-13-28-19)23(25)20-8-5-12-27-20/h4-8,10,12-13,15,23H,9,11,14H2,1-3H3,(H,24,26). The zero-order valence-corrected chi connectivity index (χ0v) is 18.2. The minimum absolute atomic E-state index is 0.0661. The number of carbonyl (C=O) groups is 1. The first-order valence-corrected chi connectivity index (χ1v) is 11.5. The zero-order chi connectivity index (χ0) is 19.7. The predicted octanol–water partition coefficient (Wildman–Crippen LogP) is 5.83. The largest absolute Gasteiger partial charge is 0.324 e. The van der Waals surface area contributed by atoms with Gasteiger partial charge in [-0.2, -0.15) is 0 Å². The van der Waals surface area contributed by atoms with E-state index in [0.29, 0.717) is 12.5 Å². The molecule has 1 amide bonds. The Morgan fingerprint density at radius 2 is 2.04 bits per heavy atom. The fraction of sp³-hybridized carbons (Fsp3) is 0.348. The van der Waals surface area contributed by atoms with Crippen LogP contribution < -0.4 is 5.32 Å². The third-order valence-electron chi connectivity index (χ3n) is 5.42. The first-order valence-electron chi connectivity index (χ1n) is 9.77. The number of fused-ring (bicyclic) bond motifs is 1. The molecule has 1 aliphatic heterocycles. The summed E-state index contributed by atoms with van der Waals surface area (Å²) in [6, 6.07) is 12.9. The molecule has 0 saturated carbocycles. The molecule has 2 aromatic heterocycles. The van der Waals surface area contributed by atoms with Crippen LogP contribution in [-0.2, 0) is 11.2 Å². The summed E-state index contributed by atoms with van der Waals surface area (Å²) < 4.78 is 0. The highest BCUT2D eigenvalue weighted by Crippen LogP contribution is 2.39. The van der Waals surface area contributed by atoms with Gasteiger partial charge in [-0.3, -0.25) is 9.69 Å². The first-order chi connectivity index (χ1) is 13.5. The molecular weight excluding hydrogens is 384 g/mol. The van der Waals surface area contributed by atoms with E-state index >= 15 is 0 Å². The summed E-state index contributed by atoms with van der Waals surface area (Å²) in [5.74, 6) is 0.439. The molecule has 3 heterocycles. The number of para-hydroxylation sites is 1. The van der Waals surface area contributed by atoms with Crippen LogP contribution in [0.25, 0.3) is 0 Å². The van der Waals surface area contributed by atoms with Crippen LogP contribution in [0.3, 0.4) is 0 Å². The van der Waals surface area contributed by atoms with Crippen molar-refractivity contribution in [1.29, 1.82) is 0 Å². The Hall–Kier alpha value is -1.95. The van der Waals surface area contributed by atoms with Crippen LogP contribution in [0.4, 0.5) is 5.69 Å². The third-order valence-corrected chi connectivity index (χ3v) is 7.34. The number of benzene rings is 1. The number of amides is 1. The van der Waals surface area contributed by atoms with Crippen molar-refractivity contribution in [3.63, 3.8) is 0 Å². The topological polar surface area (TPSA) is 32.3 Å². The van der Waals surface area contributed by atoms with E-state index in [0.717, 1.165) is 24.2 Å². The van der Waals surface area contributed by atoms with Gasteiger partial charge in [0.05, 0.1) is 12.6 Å². The Kier molecular flexibility index (Phi) is 5.67. The van der Waals surface area contributed by atoms with Crippen LogP contribution in [0.1, 0.15) is 52.3 Å². The minimum Gasteiger partial charge on any atom is -0.324 e. The number of nitrogens with zero attached hydrogens (tertiary/aromatic N) is 1. The number of rotatable bonds is 5. The molecule has 5 heteroatoms. The van der Waals surface area contributed by atoms with Crippen molar-refractivity contribution in [3.05, 3.63) is 73.6 Å². The molecule has 1 N–H and O–H groups in total.